The molecule has 6 nitrogen and oxygen atoms in total. The van der Waals surface area contributed by atoms with Gasteiger partial charge in [-0.05, 0) is 21.0 Å². The number of hydrogen-bond donors (Lipinski definition) is 3. The summed E-state index contributed by atoms with van der Waals surface area (Å²) in [5.74, 6) is -1.24. The second kappa shape index (κ2) is 3.40. The summed E-state index contributed by atoms with van der Waals surface area (Å²) in [4.78, 5) is 22.1. The Balaban J connectivity index is 4.62. The highest BCUT2D eigenvalue weighted by Crippen LogP contribution is 2.06. The van der Waals surface area contributed by atoms with Crippen LogP contribution in [0.4, 0.5) is 4.79 Å². The second-order valence-corrected chi connectivity index (χ2v) is 2.70. The average Bonchev–Trinajstić information content (AvgIpc) is 1.84. The predicted octanol–water partition coefficient (Wildman–Crippen LogP) is -0.384. The van der Waals surface area contributed by atoms with E-state index in [2.05, 4.69) is 0 Å². The quantitative estimate of drug-likeness (QED) is 0.510. The van der Waals surface area contributed by atoms with Gasteiger partial charge in [0.15, 0.2) is 5.66 Å². The number of aliphatic carboxylic acids is 1. The van der Waals surface area contributed by atoms with E-state index in [1.165, 1.54) is 25.9 Å². The standard InChI is InChI=1S/C6H12N2O4/c1-6(4(9)10,8(2)3)7-5(11)12/h7H,1-3H3,(H,9,10)(H,11,12). The van der Waals surface area contributed by atoms with Crippen molar-refractivity contribution in [1.82, 2.24) is 10.2 Å². The van der Waals surface area contributed by atoms with Crippen molar-refractivity contribution >= 4 is 12.1 Å². The van der Waals surface area contributed by atoms with E-state index in [0.29, 0.717) is 0 Å². The second-order valence-electron chi connectivity index (χ2n) is 2.70. The number of amides is 1. The Bertz CT molecular complexity index is 204. The van der Waals surface area contributed by atoms with Gasteiger partial charge < -0.3 is 10.2 Å². The highest BCUT2D eigenvalue weighted by molar-refractivity contribution is 5.82. The number of rotatable bonds is 3. The molecule has 0 aliphatic heterocycles. The molecule has 0 saturated heterocycles. The zero-order valence-corrected chi connectivity index (χ0v) is 7.16. The van der Waals surface area contributed by atoms with Gasteiger partial charge in [0.05, 0.1) is 0 Å². The van der Waals surface area contributed by atoms with Gasteiger partial charge in [-0.1, -0.05) is 0 Å². The fourth-order valence-corrected chi connectivity index (χ4v) is 0.565. The fourth-order valence-electron chi connectivity index (χ4n) is 0.565. The van der Waals surface area contributed by atoms with E-state index in [9.17, 15) is 9.59 Å². The maximum absolute atomic E-state index is 10.6. The Morgan fingerprint density at radius 3 is 1.83 bits per heavy atom. The zero-order valence-electron chi connectivity index (χ0n) is 7.16. The Kier molecular flexibility index (Phi) is 3.03. The van der Waals surface area contributed by atoms with Gasteiger partial charge in [-0.3, -0.25) is 10.2 Å². The molecule has 0 aromatic carbocycles. The highest BCUT2D eigenvalue weighted by atomic mass is 16.4. The molecule has 1 atom stereocenters. The van der Waals surface area contributed by atoms with Crippen LogP contribution >= 0.6 is 0 Å². The first-order chi connectivity index (χ1) is 5.30. The van der Waals surface area contributed by atoms with Crippen LogP contribution in [0.1, 0.15) is 6.92 Å². The van der Waals surface area contributed by atoms with Crippen LogP contribution in [0.2, 0.25) is 0 Å². The third-order valence-corrected chi connectivity index (χ3v) is 1.66. The van der Waals surface area contributed by atoms with Crippen LogP contribution in [0.25, 0.3) is 0 Å². The lowest BCUT2D eigenvalue weighted by Crippen LogP contribution is -2.60. The van der Waals surface area contributed by atoms with Crippen LogP contribution in [0, 0.1) is 0 Å². The molecule has 0 aromatic heterocycles. The number of carbonyl (C=O) groups is 2. The lowest BCUT2D eigenvalue weighted by atomic mass is 10.2. The van der Waals surface area contributed by atoms with Crippen LogP contribution in [-0.2, 0) is 4.79 Å². The molecule has 70 valence electrons. The monoisotopic (exact) mass is 176 g/mol. The van der Waals surface area contributed by atoms with Crippen LogP contribution in [0.5, 0.6) is 0 Å². The lowest BCUT2D eigenvalue weighted by Gasteiger charge is -2.31. The smallest absolute Gasteiger partial charge is 0.406 e. The third-order valence-electron chi connectivity index (χ3n) is 1.66. The molecule has 0 radical (unpaired) electrons. The minimum atomic E-state index is -1.58. The summed E-state index contributed by atoms with van der Waals surface area (Å²) in [5.41, 5.74) is -1.58. The predicted molar refractivity (Wildman–Crippen MR) is 40.9 cm³/mol. The Labute approximate surface area is 69.8 Å². The van der Waals surface area contributed by atoms with E-state index >= 15 is 0 Å². The SMILES string of the molecule is CN(C)C(C)(NC(=O)O)C(=O)O. The summed E-state index contributed by atoms with van der Waals surface area (Å²) in [6, 6.07) is 0. The normalized spacial score (nSPS) is 15.3. The molecule has 1 amide bonds. The maximum atomic E-state index is 10.6. The van der Waals surface area contributed by atoms with Crippen molar-refractivity contribution in [2.24, 2.45) is 0 Å². The summed E-state index contributed by atoms with van der Waals surface area (Å²) >= 11 is 0. The number of hydrogen-bond acceptors (Lipinski definition) is 3. The van der Waals surface area contributed by atoms with Crippen molar-refractivity contribution in [3.63, 3.8) is 0 Å². The first-order valence-corrected chi connectivity index (χ1v) is 3.22. The number of nitrogens with one attached hydrogen (secondary N) is 1. The zero-order chi connectivity index (χ0) is 9.94. The summed E-state index contributed by atoms with van der Waals surface area (Å²) in [7, 11) is 2.95. The van der Waals surface area contributed by atoms with Crippen LogP contribution in [-0.4, -0.2) is 46.9 Å². The molecule has 0 saturated carbocycles. The number of carboxylic acid groups (broad SMARTS) is 2. The molecule has 1 unspecified atom stereocenters. The summed E-state index contributed by atoms with van der Waals surface area (Å²) < 4.78 is 0. The van der Waals surface area contributed by atoms with E-state index in [4.69, 9.17) is 10.2 Å². The van der Waals surface area contributed by atoms with Gasteiger partial charge in [0, 0.05) is 0 Å². The Morgan fingerprint density at radius 1 is 1.33 bits per heavy atom. The van der Waals surface area contributed by atoms with E-state index in [0.717, 1.165) is 0 Å². The van der Waals surface area contributed by atoms with Crippen LogP contribution < -0.4 is 5.32 Å². The molecule has 0 spiro atoms. The van der Waals surface area contributed by atoms with Gasteiger partial charge in [0.1, 0.15) is 0 Å². The van der Waals surface area contributed by atoms with Gasteiger partial charge in [0.2, 0.25) is 0 Å². The topological polar surface area (TPSA) is 89.9 Å². The number of nitrogens with zero attached hydrogens (tertiary/aromatic N) is 1. The van der Waals surface area contributed by atoms with E-state index in [1.807, 2.05) is 5.32 Å². The van der Waals surface area contributed by atoms with Crippen LogP contribution in [0.15, 0.2) is 0 Å². The molecule has 0 aliphatic carbocycles. The number of carboxylic acids is 1. The molecule has 0 rings (SSSR count). The number of likely N-dealkylation sites (N-methyl/N-ethyl adjacent to an activating group) is 1. The summed E-state index contributed by atoms with van der Waals surface area (Å²) in [6.07, 6.45) is -1.37. The van der Waals surface area contributed by atoms with Crippen molar-refractivity contribution in [1.29, 1.82) is 0 Å². The van der Waals surface area contributed by atoms with Crippen molar-refractivity contribution in [2.45, 2.75) is 12.6 Å². The van der Waals surface area contributed by atoms with Gasteiger partial charge in [-0.2, -0.15) is 0 Å². The van der Waals surface area contributed by atoms with E-state index in [-0.39, 0.29) is 0 Å². The molecule has 3 N–H and O–H groups in total. The maximum Gasteiger partial charge on any atom is 0.406 e. The molecular weight excluding hydrogens is 164 g/mol. The van der Waals surface area contributed by atoms with Gasteiger partial charge in [-0.15, -0.1) is 0 Å². The van der Waals surface area contributed by atoms with Crippen LogP contribution in [0.3, 0.4) is 0 Å². The molecule has 0 fully saturated rings. The lowest BCUT2D eigenvalue weighted by molar-refractivity contribution is -0.150. The minimum Gasteiger partial charge on any atom is -0.478 e. The first kappa shape index (κ1) is 10.7. The summed E-state index contributed by atoms with van der Waals surface area (Å²) in [6.45, 7) is 1.27. The first-order valence-electron chi connectivity index (χ1n) is 3.22. The van der Waals surface area contributed by atoms with Crippen molar-refractivity contribution < 1.29 is 19.8 Å². The van der Waals surface area contributed by atoms with Crippen molar-refractivity contribution in [2.75, 3.05) is 14.1 Å². The van der Waals surface area contributed by atoms with Crippen molar-refractivity contribution in [3.8, 4) is 0 Å². The van der Waals surface area contributed by atoms with E-state index < -0.39 is 17.7 Å². The largest absolute Gasteiger partial charge is 0.478 e. The average molecular weight is 176 g/mol. The van der Waals surface area contributed by atoms with Gasteiger partial charge in [0.25, 0.3) is 0 Å². The fraction of sp³-hybridized carbons (Fsp3) is 0.667. The molecule has 0 aliphatic rings. The third kappa shape index (κ3) is 2.09. The highest BCUT2D eigenvalue weighted by Gasteiger charge is 2.37. The molecule has 0 bridgehead atoms. The molecule has 12 heavy (non-hydrogen) atoms. The molecule has 0 heterocycles. The van der Waals surface area contributed by atoms with Crippen molar-refractivity contribution in [3.05, 3.63) is 0 Å². The minimum absolute atomic E-state index is 1.24. The van der Waals surface area contributed by atoms with Gasteiger partial charge >= 0.3 is 12.1 Å². The molecule has 0 aromatic rings. The van der Waals surface area contributed by atoms with Gasteiger partial charge in [-0.25, -0.2) is 9.59 Å². The molecular formula is C6H12N2O4. The Hall–Kier alpha value is -1.30. The Morgan fingerprint density at radius 2 is 1.75 bits per heavy atom. The van der Waals surface area contributed by atoms with E-state index in [1.54, 1.807) is 0 Å². The summed E-state index contributed by atoms with van der Waals surface area (Å²) in [5, 5.41) is 18.9. The molecule has 6 heteroatoms.